The first-order valence-corrected chi connectivity index (χ1v) is 6.92. The topological polar surface area (TPSA) is 62.1 Å². The summed E-state index contributed by atoms with van der Waals surface area (Å²) < 4.78 is 0. The Morgan fingerprint density at radius 1 is 1.50 bits per heavy atom. The highest BCUT2D eigenvalue weighted by Gasteiger charge is 2.31. The summed E-state index contributed by atoms with van der Waals surface area (Å²) in [6, 6.07) is 4.01. The van der Waals surface area contributed by atoms with E-state index >= 15 is 0 Å². The Morgan fingerprint density at radius 2 is 2.28 bits per heavy atom. The van der Waals surface area contributed by atoms with Crippen molar-refractivity contribution in [1.82, 2.24) is 9.88 Å². The first-order chi connectivity index (χ1) is 8.77. The maximum Gasteiger partial charge on any atom is 0.270 e. The number of rotatable bonds is 4. The van der Waals surface area contributed by atoms with Crippen molar-refractivity contribution in [2.45, 2.75) is 38.6 Å². The molecule has 1 aliphatic carbocycles. The number of aromatic nitrogens is 1. The normalized spacial score (nSPS) is 23.9. The molecule has 2 unspecified atom stereocenters. The van der Waals surface area contributed by atoms with Gasteiger partial charge in [0.25, 0.3) is 5.91 Å². The summed E-state index contributed by atoms with van der Waals surface area (Å²) in [7, 11) is 0. The van der Waals surface area contributed by atoms with Gasteiger partial charge in [0.15, 0.2) is 0 Å². The lowest BCUT2D eigenvalue weighted by atomic mass is 9.83. The minimum Gasteiger partial charge on any atom is -0.357 e. The van der Waals surface area contributed by atoms with Crippen LogP contribution in [0.4, 0.5) is 0 Å². The Labute approximate surface area is 109 Å². The molecule has 0 saturated heterocycles. The third-order valence-corrected chi connectivity index (χ3v) is 4.00. The Bertz CT molecular complexity index is 374. The summed E-state index contributed by atoms with van der Waals surface area (Å²) in [6.45, 7) is 3.47. The molecule has 0 spiro atoms. The van der Waals surface area contributed by atoms with E-state index in [2.05, 4.69) is 4.98 Å². The van der Waals surface area contributed by atoms with Crippen LogP contribution in [0, 0.1) is 5.92 Å². The number of amides is 1. The van der Waals surface area contributed by atoms with E-state index in [4.69, 9.17) is 5.73 Å². The van der Waals surface area contributed by atoms with E-state index in [1.54, 1.807) is 6.20 Å². The van der Waals surface area contributed by atoms with Crippen LogP contribution in [0.2, 0.25) is 0 Å². The van der Waals surface area contributed by atoms with Gasteiger partial charge in [-0.3, -0.25) is 4.79 Å². The molecule has 1 aromatic heterocycles. The number of carbonyl (C=O) groups excluding carboxylic acids is 1. The molecule has 0 aromatic carbocycles. The maximum absolute atomic E-state index is 12.5. The molecule has 2 rings (SSSR count). The molecule has 0 aliphatic heterocycles. The first-order valence-electron chi connectivity index (χ1n) is 6.92. The van der Waals surface area contributed by atoms with Crippen molar-refractivity contribution in [2.24, 2.45) is 11.7 Å². The lowest BCUT2D eigenvalue weighted by Crippen LogP contribution is -2.48. The van der Waals surface area contributed by atoms with Gasteiger partial charge in [0.2, 0.25) is 0 Å². The largest absolute Gasteiger partial charge is 0.357 e. The van der Waals surface area contributed by atoms with Crippen molar-refractivity contribution in [1.29, 1.82) is 0 Å². The molecule has 1 heterocycles. The molecule has 1 aliphatic rings. The first kappa shape index (κ1) is 13.1. The minimum atomic E-state index is 0.104. The van der Waals surface area contributed by atoms with Gasteiger partial charge in [-0.1, -0.05) is 12.8 Å². The zero-order valence-electron chi connectivity index (χ0n) is 11.1. The van der Waals surface area contributed by atoms with Crippen molar-refractivity contribution in [3.63, 3.8) is 0 Å². The van der Waals surface area contributed by atoms with Crippen LogP contribution in [0.1, 0.15) is 43.1 Å². The second-order valence-electron chi connectivity index (χ2n) is 5.02. The Balaban J connectivity index is 2.14. The number of hydrogen-bond acceptors (Lipinski definition) is 2. The highest BCUT2D eigenvalue weighted by molar-refractivity contribution is 5.92. The lowest BCUT2D eigenvalue weighted by Gasteiger charge is -2.39. The van der Waals surface area contributed by atoms with E-state index in [1.165, 1.54) is 12.8 Å². The molecule has 1 fully saturated rings. The van der Waals surface area contributed by atoms with Crippen molar-refractivity contribution in [2.75, 3.05) is 13.1 Å². The highest BCUT2D eigenvalue weighted by atomic mass is 16.2. The van der Waals surface area contributed by atoms with E-state index in [1.807, 2.05) is 24.0 Å². The minimum absolute atomic E-state index is 0.104. The van der Waals surface area contributed by atoms with E-state index in [0.29, 0.717) is 24.2 Å². The molecule has 18 heavy (non-hydrogen) atoms. The average molecular weight is 249 g/mol. The Morgan fingerprint density at radius 3 is 2.89 bits per heavy atom. The number of H-pyrrole nitrogens is 1. The predicted octanol–water partition coefficient (Wildman–Crippen LogP) is 1.99. The summed E-state index contributed by atoms with van der Waals surface area (Å²) in [5.41, 5.74) is 6.54. The van der Waals surface area contributed by atoms with Crippen LogP contribution in [0.25, 0.3) is 0 Å². The van der Waals surface area contributed by atoms with Gasteiger partial charge in [0.05, 0.1) is 0 Å². The van der Waals surface area contributed by atoms with Gasteiger partial charge in [-0.15, -0.1) is 0 Å². The SMILES string of the molecule is CCN(C(=O)c1ccc[nH]1)C1CCCCC1CN. The number of hydrogen-bond donors (Lipinski definition) is 2. The molecule has 4 heteroatoms. The van der Waals surface area contributed by atoms with E-state index in [9.17, 15) is 4.79 Å². The van der Waals surface area contributed by atoms with Gasteiger partial charge in [0.1, 0.15) is 5.69 Å². The highest BCUT2D eigenvalue weighted by Crippen LogP contribution is 2.28. The molecule has 2 atom stereocenters. The zero-order chi connectivity index (χ0) is 13.0. The predicted molar refractivity (Wildman–Crippen MR) is 72.3 cm³/mol. The van der Waals surface area contributed by atoms with Crippen molar-refractivity contribution < 1.29 is 4.79 Å². The fourth-order valence-corrected chi connectivity index (χ4v) is 3.02. The van der Waals surface area contributed by atoms with Crippen molar-refractivity contribution >= 4 is 5.91 Å². The van der Waals surface area contributed by atoms with Crippen LogP contribution in [0.3, 0.4) is 0 Å². The van der Waals surface area contributed by atoms with Gasteiger partial charge in [-0.2, -0.15) is 0 Å². The molecule has 0 bridgehead atoms. The lowest BCUT2D eigenvalue weighted by molar-refractivity contribution is 0.0555. The van der Waals surface area contributed by atoms with Gasteiger partial charge in [-0.25, -0.2) is 0 Å². The number of nitrogens with zero attached hydrogens (tertiary/aromatic N) is 1. The van der Waals surface area contributed by atoms with Crippen LogP contribution in [-0.4, -0.2) is 34.9 Å². The third kappa shape index (κ3) is 2.58. The summed E-state index contributed by atoms with van der Waals surface area (Å²) in [4.78, 5) is 17.4. The van der Waals surface area contributed by atoms with Crippen LogP contribution in [0.5, 0.6) is 0 Å². The van der Waals surface area contributed by atoms with Crippen molar-refractivity contribution in [3.8, 4) is 0 Å². The number of nitrogens with one attached hydrogen (secondary N) is 1. The monoisotopic (exact) mass is 249 g/mol. The maximum atomic E-state index is 12.5. The second-order valence-corrected chi connectivity index (χ2v) is 5.02. The molecule has 1 amide bonds. The number of carbonyl (C=O) groups is 1. The van der Waals surface area contributed by atoms with Crippen molar-refractivity contribution in [3.05, 3.63) is 24.0 Å². The molecular formula is C14H23N3O. The number of aromatic amines is 1. The Kier molecular flexibility index (Phi) is 4.42. The quantitative estimate of drug-likeness (QED) is 0.857. The van der Waals surface area contributed by atoms with Crippen LogP contribution in [0.15, 0.2) is 18.3 Å². The van der Waals surface area contributed by atoms with Crippen LogP contribution >= 0.6 is 0 Å². The van der Waals surface area contributed by atoms with Gasteiger partial charge >= 0.3 is 0 Å². The molecule has 100 valence electrons. The fourth-order valence-electron chi connectivity index (χ4n) is 3.02. The van der Waals surface area contributed by atoms with Crippen LogP contribution in [-0.2, 0) is 0 Å². The second kappa shape index (κ2) is 6.05. The molecule has 4 nitrogen and oxygen atoms in total. The van der Waals surface area contributed by atoms with Gasteiger partial charge < -0.3 is 15.6 Å². The Hall–Kier alpha value is -1.29. The number of nitrogens with two attached hydrogens (primary N) is 1. The molecule has 0 radical (unpaired) electrons. The zero-order valence-corrected chi connectivity index (χ0v) is 11.1. The summed E-state index contributed by atoms with van der Waals surface area (Å²) in [5.74, 6) is 0.561. The molecule has 3 N–H and O–H groups in total. The summed E-state index contributed by atoms with van der Waals surface area (Å²) in [6.07, 6.45) is 6.47. The van der Waals surface area contributed by atoms with E-state index in [0.717, 1.165) is 19.4 Å². The van der Waals surface area contributed by atoms with E-state index in [-0.39, 0.29) is 5.91 Å². The molecule has 1 aromatic rings. The van der Waals surface area contributed by atoms with E-state index < -0.39 is 0 Å². The third-order valence-electron chi connectivity index (χ3n) is 4.00. The summed E-state index contributed by atoms with van der Waals surface area (Å²) >= 11 is 0. The van der Waals surface area contributed by atoms with Crippen LogP contribution < -0.4 is 5.73 Å². The van der Waals surface area contributed by atoms with Gasteiger partial charge in [-0.05, 0) is 44.4 Å². The molecular weight excluding hydrogens is 226 g/mol. The smallest absolute Gasteiger partial charge is 0.270 e. The van der Waals surface area contributed by atoms with Gasteiger partial charge in [0, 0.05) is 18.8 Å². The summed E-state index contributed by atoms with van der Waals surface area (Å²) in [5, 5.41) is 0. The standard InChI is InChI=1S/C14H23N3O/c1-2-17(14(18)12-7-5-9-16-12)13-8-4-3-6-11(13)10-15/h5,7,9,11,13,16H,2-4,6,8,10,15H2,1H3. The molecule has 1 saturated carbocycles. The fraction of sp³-hybridized carbons (Fsp3) is 0.643. The average Bonchev–Trinajstić information content (AvgIpc) is 2.94.